The van der Waals surface area contributed by atoms with Crippen LogP contribution in [0.25, 0.3) is 0 Å². The number of carbonyl (C=O) groups is 2. The summed E-state index contributed by atoms with van der Waals surface area (Å²) in [6.07, 6.45) is 8.17. The number of hydrogen-bond acceptors (Lipinski definition) is 7. The predicted molar refractivity (Wildman–Crippen MR) is 185 cm³/mol. The maximum absolute atomic E-state index is 13.4. The van der Waals surface area contributed by atoms with Gasteiger partial charge in [-0.1, -0.05) is 35.9 Å². The van der Waals surface area contributed by atoms with Crippen LogP contribution in [-0.2, 0) is 31.8 Å². The molecule has 1 saturated carbocycles. The van der Waals surface area contributed by atoms with Gasteiger partial charge in [0.2, 0.25) is 5.91 Å². The van der Waals surface area contributed by atoms with Gasteiger partial charge in [0.25, 0.3) is 0 Å². The first kappa shape index (κ1) is 34.3. The van der Waals surface area contributed by atoms with Gasteiger partial charge in [0.1, 0.15) is 11.9 Å². The van der Waals surface area contributed by atoms with Crippen molar-refractivity contribution in [1.29, 1.82) is 0 Å². The van der Waals surface area contributed by atoms with Gasteiger partial charge < -0.3 is 29.5 Å². The average molecular weight is 696 g/mol. The standard InChI is InChI=1S/C38H47ClFN3O6/c1-41-14-3-2-6-33(48-16-15-42-21-29(40)22-42)30-10-7-26(30)20-43-23-37(13-4-5-25-17-28(39)9-11-31(25)37)24-49-34-12-8-27(18-32(34)43)38(47,36(45)46)19-35(41)44/h2,6,8-9,11-12,17-18,26,29-30,33,47H,3-5,7,10,13-16,19-24H2,1H3,(H,45,46)/b6-2-/t26-,30+,33-,37-,38+/m0/s1. The number of aryl methyl sites for hydroxylation is 1. The highest BCUT2D eigenvalue weighted by atomic mass is 35.5. The van der Waals surface area contributed by atoms with E-state index in [1.807, 2.05) is 12.1 Å². The lowest BCUT2D eigenvalue weighted by molar-refractivity contribution is -0.164. The highest BCUT2D eigenvalue weighted by Gasteiger charge is 2.46. The van der Waals surface area contributed by atoms with Crippen LogP contribution in [0.2, 0.25) is 5.02 Å². The number of hydrogen-bond donors (Lipinski definition) is 2. The maximum atomic E-state index is 13.4. The lowest BCUT2D eigenvalue weighted by atomic mass is 9.68. The van der Waals surface area contributed by atoms with Crippen molar-refractivity contribution >= 4 is 29.2 Å². The number of carbonyl (C=O) groups excluding carboxylic acids is 1. The van der Waals surface area contributed by atoms with Crippen molar-refractivity contribution in [3.05, 3.63) is 70.3 Å². The maximum Gasteiger partial charge on any atom is 0.340 e. The summed E-state index contributed by atoms with van der Waals surface area (Å²) >= 11 is 6.44. The second kappa shape index (κ2) is 13.9. The molecule has 11 heteroatoms. The van der Waals surface area contributed by atoms with E-state index in [0.29, 0.717) is 75.6 Å². The van der Waals surface area contributed by atoms with Crippen LogP contribution in [0.1, 0.15) is 55.2 Å². The Morgan fingerprint density at radius 1 is 1.16 bits per heavy atom. The van der Waals surface area contributed by atoms with Gasteiger partial charge in [0, 0.05) is 56.8 Å². The Hall–Kier alpha value is -3.18. The Labute approximate surface area is 292 Å². The summed E-state index contributed by atoms with van der Waals surface area (Å²) in [7, 11) is 1.63. The van der Waals surface area contributed by atoms with Crippen molar-refractivity contribution in [1.82, 2.24) is 9.80 Å². The third-order valence-corrected chi connectivity index (χ3v) is 11.9. The number of fused-ring (bicyclic) bond motifs is 4. The first-order valence-electron chi connectivity index (χ1n) is 17.7. The molecule has 0 unspecified atom stereocenters. The topological polar surface area (TPSA) is 103 Å². The second-order valence-electron chi connectivity index (χ2n) is 14.9. The molecule has 264 valence electrons. The lowest BCUT2D eigenvalue weighted by Crippen LogP contribution is -2.51. The number of likely N-dealkylation sites (tertiary alicyclic amines) is 1. The second-order valence-corrected chi connectivity index (χ2v) is 15.3. The number of aliphatic carboxylic acids is 1. The molecule has 5 atom stereocenters. The number of rotatable bonds is 5. The number of ether oxygens (including phenoxy) is 2. The van der Waals surface area contributed by atoms with Gasteiger partial charge >= 0.3 is 5.97 Å². The first-order chi connectivity index (χ1) is 23.5. The molecule has 1 saturated heterocycles. The van der Waals surface area contributed by atoms with Gasteiger partial charge in [-0.3, -0.25) is 9.69 Å². The van der Waals surface area contributed by atoms with Crippen molar-refractivity contribution in [3.8, 4) is 5.75 Å². The van der Waals surface area contributed by atoms with E-state index in [9.17, 15) is 24.2 Å². The summed E-state index contributed by atoms with van der Waals surface area (Å²) in [6.45, 7) is 4.31. The number of benzene rings is 2. The molecule has 0 aromatic heterocycles. The number of halogens is 2. The van der Waals surface area contributed by atoms with Crippen LogP contribution in [0.4, 0.5) is 10.1 Å². The molecule has 2 aromatic carbocycles. The molecule has 9 nitrogen and oxygen atoms in total. The molecule has 2 bridgehead atoms. The number of carboxylic acids is 1. The molecule has 3 aliphatic heterocycles. The quantitative estimate of drug-likeness (QED) is 0.424. The van der Waals surface area contributed by atoms with Crippen molar-refractivity contribution in [3.63, 3.8) is 0 Å². The molecule has 49 heavy (non-hydrogen) atoms. The highest BCUT2D eigenvalue weighted by molar-refractivity contribution is 6.30. The smallest absolute Gasteiger partial charge is 0.340 e. The molecule has 5 aliphatic rings. The van der Waals surface area contributed by atoms with E-state index >= 15 is 0 Å². The summed E-state index contributed by atoms with van der Waals surface area (Å²) in [5.41, 5.74) is 0.609. The monoisotopic (exact) mass is 695 g/mol. The third kappa shape index (κ3) is 6.81. The minimum absolute atomic E-state index is 0.118. The Bertz CT molecular complexity index is 1600. The number of carboxylic acid groups (broad SMARTS) is 1. The van der Waals surface area contributed by atoms with Crippen LogP contribution in [0.3, 0.4) is 0 Å². The molecule has 2 fully saturated rings. The van der Waals surface area contributed by atoms with E-state index in [2.05, 4.69) is 28.0 Å². The van der Waals surface area contributed by atoms with E-state index in [0.717, 1.165) is 37.8 Å². The zero-order valence-electron chi connectivity index (χ0n) is 28.2. The zero-order chi connectivity index (χ0) is 34.3. The van der Waals surface area contributed by atoms with Gasteiger partial charge in [-0.2, -0.15) is 0 Å². The number of amides is 1. The molecular formula is C38H47ClFN3O6. The van der Waals surface area contributed by atoms with Crippen molar-refractivity contribution in [2.24, 2.45) is 11.8 Å². The summed E-state index contributed by atoms with van der Waals surface area (Å²) in [5.74, 6) is -0.746. The van der Waals surface area contributed by atoms with Gasteiger partial charge in [0.05, 0.1) is 31.4 Å². The number of aliphatic hydroxyl groups is 1. The molecule has 3 heterocycles. The van der Waals surface area contributed by atoms with E-state index in [1.165, 1.54) is 16.0 Å². The fourth-order valence-corrected chi connectivity index (χ4v) is 8.71. The highest BCUT2D eigenvalue weighted by Crippen LogP contribution is 2.48. The van der Waals surface area contributed by atoms with Gasteiger partial charge in [-0.05, 0) is 91.3 Å². The SMILES string of the molecule is CN1CC/C=C\[C@H](OCCN2CC(F)C2)[C@@H]2CC[C@H]2CN2C[C@@]3(CCCc4cc(Cl)ccc43)COc3ccc(cc32)[C@@](O)(C(=O)O)CC1=O. The van der Waals surface area contributed by atoms with Crippen molar-refractivity contribution in [2.45, 2.75) is 68.2 Å². The number of alkyl halides is 1. The van der Waals surface area contributed by atoms with E-state index in [4.69, 9.17) is 21.1 Å². The molecule has 2 aliphatic carbocycles. The lowest BCUT2D eigenvalue weighted by Gasteiger charge is -2.46. The summed E-state index contributed by atoms with van der Waals surface area (Å²) in [5, 5.41) is 22.7. The molecule has 1 spiro atoms. The van der Waals surface area contributed by atoms with Crippen LogP contribution >= 0.6 is 11.6 Å². The van der Waals surface area contributed by atoms with E-state index in [1.54, 1.807) is 25.2 Å². The minimum Gasteiger partial charge on any atom is -0.490 e. The molecular weight excluding hydrogens is 649 g/mol. The van der Waals surface area contributed by atoms with Gasteiger partial charge in [0.15, 0.2) is 5.60 Å². The predicted octanol–water partition coefficient (Wildman–Crippen LogP) is 4.96. The number of nitrogens with zero attached hydrogens (tertiary/aromatic N) is 3. The first-order valence-corrected chi connectivity index (χ1v) is 18.1. The molecule has 7 rings (SSSR count). The Balaban J connectivity index is 1.26. The Morgan fingerprint density at radius 2 is 2.00 bits per heavy atom. The average Bonchev–Trinajstić information content (AvgIpc) is 3.20. The van der Waals surface area contributed by atoms with Crippen molar-refractivity contribution < 1.29 is 33.7 Å². The molecule has 0 radical (unpaired) electrons. The third-order valence-electron chi connectivity index (χ3n) is 11.6. The van der Waals surface area contributed by atoms with Crippen LogP contribution in [-0.4, -0.2) is 104 Å². The van der Waals surface area contributed by atoms with Crippen LogP contribution in [0.15, 0.2) is 48.6 Å². The van der Waals surface area contributed by atoms with Crippen LogP contribution in [0.5, 0.6) is 5.75 Å². The van der Waals surface area contributed by atoms with Crippen LogP contribution in [0, 0.1) is 11.8 Å². The van der Waals surface area contributed by atoms with E-state index in [-0.39, 0.29) is 23.0 Å². The fourth-order valence-electron chi connectivity index (χ4n) is 8.52. The molecule has 1 amide bonds. The molecule has 2 N–H and O–H groups in total. The van der Waals surface area contributed by atoms with E-state index < -0.39 is 30.1 Å². The van der Waals surface area contributed by atoms with Gasteiger partial charge in [-0.15, -0.1) is 0 Å². The Kier molecular flexibility index (Phi) is 9.69. The molecule has 2 aromatic rings. The van der Waals surface area contributed by atoms with Gasteiger partial charge in [-0.25, -0.2) is 9.18 Å². The minimum atomic E-state index is -2.41. The summed E-state index contributed by atoms with van der Waals surface area (Å²) < 4.78 is 26.6. The summed E-state index contributed by atoms with van der Waals surface area (Å²) in [6, 6.07) is 11.2. The normalized spacial score (nSPS) is 31.5. The largest absolute Gasteiger partial charge is 0.490 e. The van der Waals surface area contributed by atoms with Crippen molar-refractivity contribution in [2.75, 3.05) is 64.4 Å². The fraction of sp³-hybridized carbons (Fsp3) is 0.579. The van der Waals surface area contributed by atoms with Crippen LogP contribution < -0.4 is 9.64 Å². The Morgan fingerprint density at radius 3 is 2.76 bits per heavy atom. The zero-order valence-corrected chi connectivity index (χ0v) is 28.9. The summed E-state index contributed by atoms with van der Waals surface area (Å²) in [4.78, 5) is 31.9. The number of anilines is 1.